The van der Waals surface area contributed by atoms with Crippen molar-refractivity contribution in [3.63, 3.8) is 0 Å². The van der Waals surface area contributed by atoms with E-state index in [0.717, 1.165) is 25.5 Å². The average molecular weight is 268 g/mol. The van der Waals surface area contributed by atoms with Crippen LogP contribution in [0.2, 0.25) is 0 Å². The fourth-order valence-electron chi connectivity index (χ4n) is 2.58. The van der Waals surface area contributed by atoms with Crippen LogP contribution in [0.15, 0.2) is 42.7 Å². The molecule has 1 unspecified atom stereocenters. The third-order valence-corrected chi connectivity index (χ3v) is 3.68. The zero-order chi connectivity index (χ0) is 13.6. The number of nitrogens with zero attached hydrogens (tertiary/aromatic N) is 2. The first kappa shape index (κ1) is 13.1. The number of nitrogens with one attached hydrogen (secondary N) is 2. The molecular weight excluding hydrogens is 248 g/mol. The number of rotatable bonds is 4. The fourth-order valence-corrected chi connectivity index (χ4v) is 2.58. The Hall–Kier alpha value is -1.94. The standard InChI is InChI=1S/C16H20N4/c1-6-15(14-5-3-9-18-12-14)20-16(7-1)19-11-13-4-2-8-17-10-13/h1-2,4,6-8,10,14,18H,3,5,9,11-12H2,(H,19,20). The lowest BCUT2D eigenvalue weighted by atomic mass is 9.96. The lowest BCUT2D eigenvalue weighted by molar-refractivity contribution is 0.455. The first-order valence-electron chi connectivity index (χ1n) is 7.22. The minimum Gasteiger partial charge on any atom is -0.366 e. The summed E-state index contributed by atoms with van der Waals surface area (Å²) in [5, 5.41) is 6.81. The molecule has 1 atom stereocenters. The van der Waals surface area contributed by atoms with Crippen LogP contribution >= 0.6 is 0 Å². The van der Waals surface area contributed by atoms with Gasteiger partial charge in [-0.1, -0.05) is 12.1 Å². The summed E-state index contributed by atoms with van der Waals surface area (Å²) < 4.78 is 0. The van der Waals surface area contributed by atoms with Crippen molar-refractivity contribution in [2.24, 2.45) is 0 Å². The number of anilines is 1. The smallest absolute Gasteiger partial charge is 0.126 e. The van der Waals surface area contributed by atoms with E-state index in [9.17, 15) is 0 Å². The zero-order valence-electron chi connectivity index (χ0n) is 11.5. The van der Waals surface area contributed by atoms with Crippen LogP contribution in [0, 0.1) is 0 Å². The summed E-state index contributed by atoms with van der Waals surface area (Å²) >= 11 is 0. The van der Waals surface area contributed by atoms with Gasteiger partial charge in [-0.15, -0.1) is 0 Å². The van der Waals surface area contributed by atoms with Gasteiger partial charge in [-0.3, -0.25) is 4.98 Å². The minimum absolute atomic E-state index is 0.545. The Kier molecular flexibility index (Phi) is 4.23. The monoisotopic (exact) mass is 268 g/mol. The zero-order valence-corrected chi connectivity index (χ0v) is 11.5. The molecule has 0 radical (unpaired) electrons. The third-order valence-electron chi connectivity index (χ3n) is 3.68. The van der Waals surface area contributed by atoms with Gasteiger partial charge in [0.1, 0.15) is 5.82 Å². The number of piperidine rings is 1. The van der Waals surface area contributed by atoms with E-state index in [-0.39, 0.29) is 0 Å². The van der Waals surface area contributed by atoms with Gasteiger partial charge in [0.15, 0.2) is 0 Å². The minimum atomic E-state index is 0.545. The quantitative estimate of drug-likeness (QED) is 0.894. The lowest BCUT2D eigenvalue weighted by Gasteiger charge is -2.22. The summed E-state index contributed by atoms with van der Waals surface area (Å²) in [5.74, 6) is 1.49. The Morgan fingerprint density at radius 2 is 2.25 bits per heavy atom. The molecule has 2 N–H and O–H groups in total. The van der Waals surface area contributed by atoms with Crippen LogP contribution in [0.4, 0.5) is 5.82 Å². The van der Waals surface area contributed by atoms with Crippen LogP contribution in [-0.2, 0) is 6.54 Å². The second-order valence-electron chi connectivity index (χ2n) is 5.21. The van der Waals surface area contributed by atoms with Gasteiger partial charge in [-0.2, -0.15) is 0 Å². The van der Waals surface area contributed by atoms with E-state index in [1.807, 2.05) is 18.3 Å². The van der Waals surface area contributed by atoms with E-state index in [2.05, 4.69) is 33.8 Å². The highest BCUT2D eigenvalue weighted by atomic mass is 15.0. The molecule has 0 spiro atoms. The summed E-state index contributed by atoms with van der Waals surface area (Å²) in [7, 11) is 0. The van der Waals surface area contributed by atoms with Crippen molar-refractivity contribution in [1.29, 1.82) is 0 Å². The predicted octanol–water partition coefficient (Wildman–Crippen LogP) is 2.56. The molecule has 3 rings (SSSR count). The average Bonchev–Trinajstić information content (AvgIpc) is 2.55. The SMILES string of the molecule is c1cncc(CNc2cccc(C3CCCNC3)n2)c1. The van der Waals surface area contributed by atoms with Gasteiger partial charge in [0, 0.05) is 37.1 Å². The van der Waals surface area contributed by atoms with Crippen molar-refractivity contribution in [3.05, 3.63) is 54.0 Å². The molecule has 0 amide bonds. The van der Waals surface area contributed by atoms with Crippen LogP contribution in [-0.4, -0.2) is 23.1 Å². The van der Waals surface area contributed by atoms with E-state index < -0.39 is 0 Å². The molecule has 1 saturated heterocycles. The van der Waals surface area contributed by atoms with E-state index in [0.29, 0.717) is 5.92 Å². The Morgan fingerprint density at radius 1 is 1.25 bits per heavy atom. The number of hydrogen-bond acceptors (Lipinski definition) is 4. The largest absolute Gasteiger partial charge is 0.366 e. The van der Waals surface area contributed by atoms with Crippen molar-refractivity contribution >= 4 is 5.82 Å². The Morgan fingerprint density at radius 3 is 3.05 bits per heavy atom. The van der Waals surface area contributed by atoms with Gasteiger partial charge >= 0.3 is 0 Å². The van der Waals surface area contributed by atoms with Crippen molar-refractivity contribution in [2.45, 2.75) is 25.3 Å². The third kappa shape index (κ3) is 3.33. The fraction of sp³-hybridized carbons (Fsp3) is 0.375. The van der Waals surface area contributed by atoms with Gasteiger partial charge in [0.2, 0.25) is 0 Å². The molecule has 4 nitrogen and oxygen atoms in total. The van der Waals surface area contributed by atoms with Gasteiger partial charge < -0.3 is 10.6 Å². The molecule has 2 aromatic rings. The Balaban J connectivity index is 1.65. The van der Waals surface area contributed by atoms with Crippen LogP contribution in [0.3, 0.4) is 0 Å². The second-order valence-corrected chi connectivity index (χ2v) is 5.21. The number of pyridine rings is 2. The van der Waals surface area contributed by atoms with Crippen LogP contribution in [0.25, 0.3) is 0 Å². The summed E-state index contributed by atoms with van der Waals surface area (Å²) in [6.07, 6.45) is 6.13. The van der Waals surface area contributed by atoms with E-state index in [1.165, 1.54) is 24.1 Å². The molecule has 20 heavy (non-hydrogen) atoms. The molecule has 1 aliphatic heterocycles. The van der Waals surface area contributed by atoms with Crippen LogP contribution in [0.5, 0.6) is 0 Å². The second kappa shape index (κ2) is 6.48. The van der Waals surface area contributed by atoms with Gasteiger partial charge in [0.05, 0.1) is 0 Å². The van der Waals surface area contributed by atoms with Gasteiger partial charge in [-0.05, 0) is 43.1 Å². The van der Waals surface area contributed by atoms with Crippen molar-refractivity contribution in [3.8, 4) is 0 Å². The topological polar surface area (TPSA) is 49.8 Å². The van der Waals surface area contributed by atoms with Gasteiger partial charge in [0.25, 0.3) is 0 Å². The Labute approximate surface area is 119 Å². The van der Waals surface area contributed by atoms with Crippen molar-refractivity contribution in [1.82, 2.24) is 15.3 Å². The predicted molar refractivity (Wildman–Crippen MR) is 80.6 cm³/mol. The molecule has 4 heteroatoms. The van der Waals surface area contributed by atoms with E-state index >= 15 is 0 Å². The first-order chi connectivity index (χ1) is 9.92. The molecule has 104 valence electrons. The summed E-state index contributed by atoms with van der Waals surface area (Å²) in [6, 6.07) is 10.3. The molecule has 0 saturated carbocycles. The molecule has 1 aliphatic rings. The molecule has 3 heterocycles. The molecule has 0 aromatic carbocycles. The maximum atomic E-state index is 4.74. The summed E-state index contributed by atoms with van der Waals surface area (Å²) in [6.45, 7) is 2.93. The van der Waals surface area contributed by atoms with E-state index in [4.69, 9.17) is 4.98 Å². The molecule has 1 fully saturated rings. The molecule has 0 aliphatic carbocycles. The number of aromatic nitrogens is 2. The van der Waals surface area contributed by atoms with Crippen molar-refractivity contribution < 1.29 is 0 Å². The first-order valence-corrected chi connectivity index (χ1v) is 7.22. The highest BCUT2D eigenvalue weighted by Gasteiger charge is 2.16. The van der Waals surface area contributed by atoms with Crippen molar-refractivity contribution in [2.75, 3.05) is 18.4 Å². The summed E-state index contributed by atoms with van der Waals surface area (Å²) in [4.78, 5) is 8.86. The maximum absolute atomic E-state index is 4.74. The lowest BCUT2D eigenvalue weighted by Crippen LogP contribution is -2.28. The summed E-state index contributed by atoms with van der Waals surface area (Å²) in [5.41, 5.74) is 2.35. The maximum Gasteiger partial charge on any atom is 0.126 e. The Bertz CT molecular complexity index is 535. The highest BCUT2D eigenvalue weighted by Crippen LogP contribution is 2.22. The molecular formula is C16H20N4. The normalized spacial score (nSPS) is 18.7. The highest BCUT2D eigenvalue weighted by molar-refractivity contribution is 5.37. The van der Waals surface area contributed by atoms with E-state index in [1.54, 1.807) is 6.20 Å². The number of hydrogen-bond donors (Lipinski definition) is 2. The van der Waals surface area contributed by atoms with Gasteiger partial charge in [-0.25, -0.2) is 4.98 Å². The molecule has 2 aromatic heterocycles. The molecule has 0 bridgehead atoms. The van der Waals surface area contributed by atoms with Crippen LogP contribution < -0.4 is 10.6 Å². The van der Waals surface area contributed by atoms with Crippen LogP contribution in [0.1, 0.15) is 30.0 Å².